The zero-order chi connectivity index (χ0) is 6.10. The van der Waals surface area contributed by atoms with Gasteiger partial charge in [0.1, 0.15) is 0 Å². The van der Waals surface area contributed by atoms with Crippen LogP contribution in [0.5, 0.6) is 0 Å². The molecule has 2 rings (SSSR count). The number of rotatable bonds is 0. The summed E-state index contributed by atoms with van der Waals surface area (Å²) in [5.74, 6) is 2.72. The van der Waals surface area contributed by atoms with Crippen LogP contribution in [0.2, 0.25) is 0 Å². The van der Waals surface area contributed by atoms with Gasteiger partial charge in [-0.25, -0.2) is 0 Å². The van der Waals surface area contributed by atoms with E-state index < -0.39 is 0 Å². The molecule has 0 spiro atoms. The molecule has 0 aromatic rings. The van der Waals surface area contributed by atoms with Crippen LogP contribution in [0.1, 0.15) is 19.3 Å². The Balaban J connectivity index is 0.000000500. The Kier molecular flexibility index (Phi) is 3.34. The van der Waals surface area contributed by atoms with Crippen molar-refractivity contribution in [1.29, 1.82) is 0 Å². The highest BCUT2D eigenvalue weighted by Gasteiger charge is 2.24. The van der Waals surface area contributed by atoms with Gasteiger partial charge in [0.05, 0.1) is 0 Å². The molecule has 2 heterocycles. The first kappa shape index (κ1) is 8.69. The zero-order valence-corrected chi connectivity index (χ0v) is 7.64. The Morgan fingerprint density at radius 3 is 2.20 bits per heavy atom. The topological polar surface area (TPSA) is 12.0 Å². The molecule has 2 atom stereocenters. The van der Waals surface area contributed by atoms with Gasteiger partial charge >= 0.3 is 0 Å². The number of hydrogen-bond donors (Lipinski definition) is 1. The minimum absolute atomic E-state index is 0. The van der Waals surface area contributed by atoms with E-state index in [9.17, 15) is 0 Å². The highest BCUT2D eigenvalue weighted by atomic mass is 35.5. The number of piperidine rings is 1. The van der Waals surface area contributed by atoms with Crippen LogP contribution in [0.4, 0.5) is 0 Å². The summed E-state index contributed by atoms with van der Waals surface area (Å²) in [6.07, 6.45) is 4.30. The molecule has 2 aliphatic heterocycles. The number of fused-ring (bicyclic) bond motifs is 2. The Labute approximate surface area is 72.7 Å². The largest absolute Gasteiger partial charge is 0.310 e. The predicted octanol–water partition coefficient (Wildman–Crippen LogP) is 1.67. The summed E-state index contributed by atoms with van der Waals surface area (Å²) >= 11 is 2.12. The fraction of sp³-hybridized carbons (Fsp3) is 1.00. The molecule has 0 aliphatic carbocycles. The zero-order valence-electron chi connectivity index (χ0n) is 6.01. The van der Waals surface area contributed by atoms with Gasteiger partial charge in [0.25, 0.3) is 0 Å². The fourth-order valence-electron chi connectivity index (χ4n) is 1.73. The predicted molar refractivity (Wildman–Crippen MR) is 49.1 cm³/mol. The summed E-state index contributed by atoms with van der Waals surface area (Å²) in [4.78, 5) is 0. The lowest BCUT2D eigenvalue weighted by Gasteiger charge is -2.35. The van der Waals surface area contributed by atoms with Crippen molar-refractivity contribution in [2.75, 3.05) is 11.5 Å². The Morgan fingerprint density at radius 1 is 1.10 bits per heavy atom. The van der Waals surface area contributed by atoms with Crippen LogP contribution >= 0.6 is 24.2 Å². The van der Waals surface area contributed by atoms with E-state index in [1.54, 1.807) is 0 Å². The maximum absolute atomic E-state index is 3.63. The van der Waals surface area contributed by atoms with Gasteiger partial charge in [0, 0.05) is 23.6 Å². The lowest BCUT2D eigenvalue weighted by atomic mass is 10.0. The number of nitrogens with one attached hydrogen (secondary N) is 1. The molecule has 2 saturated heterocycles. The van der Waals surface area contributed by atoms with Gasteiger partial charge in [0.2, 0.25) is 0 Å². The molecule has 10 heavy (non-hydrogen) atoms. The summed E-state index contributed by atoms with van der Waals surface area (Å²) < 4.78 is 0. The van der Waals surface area contributed by atoms with Crippen LogP contribution < -0.4 is 5.32 Å². The van der Waals surface area contributed by atoms with Crippen LogP contribution in [-0.4, -0.2) is 23.6 Å². The van der Waals surface area contributed by atoms with Gasteiger partial charge in [-0.05, 0) is 12.8 Å². The summed E-state index contributed by atoms with van der Waals surface area (Å²) in [6.45, 7) is 0. The van der Waals surface area contributed by atoms with Crippen molar-refractivity contribution in [3.05, 3.63) is 0 Å². The van der Waals surface area contributed by atoms with Crippen LogP contribution in [0.15, 0.2) is 0 Å². The third-order valence-electron chi connectivity index (χ3n) is 2.21. The maximum atomic E-state index is 3.63. The van der Waals surface area contributed by atoms with E-state index in [1.807, 2.05) is 0 Å². The van der Waals surface area contributed by atoms with Crippen LogP contribution in [-0.2, 0) is 0 Å². The molecule has 0 aromatic carbocycles. The molecular formula is C7H14ClNS. The monoisotopic (exact) mass is 179 g/mol. The number of thioether (sulfide) groups is 1. The van der Waals surface area contributed by atoms with E-state index >= 15 is 0 Å². The molecule has 2 aliphatic rings. The molecule has 2 bridgehead atoms. The molecule has 0 saturated carbocycles. The molecule has 0 radical (unpaired) electrons. The molecule has 0 aromatic heterocycles. The summed E-state index contributed by atoms with van der Waals surface area (Å²) in [6, 6.07) is 1.73. The Hall–Kier alpha value is 0.600. The summed E-state index contributed by atoms with van der Waals surface area (Å²) in [5.41, 5.74) is 0. The van der Waals surface area contributed by atoms with Gasteiger partial charge in [-0.2, -0.15) is 11.8 Å². The van der Waals surface area contributed by atoms with Gasteiger partial charge in [0.15, 0.2) is 0 Å². The Morgan fingerprint density at radius 2 is 1.70 bits per heavy atom. The molecule has 0 amide bonds. The van der Waals surface area contributed by atoms with Crippen LogP contribution in [0.25, 0.3) is 0 Å². The van der Waals surface area contributed by atoms with E-state index in [4.69, 9.17) is 0 Å². The van der Waals surface area contributed by atoms with Crippen molar-refractivity contribution in [2.24, 2.45) is 0 Å². The normalized spacial score (nSPS) is 38.4. The first-order valence-electron chi connectivity index (χ1n) is 3.79. The summed E-state index contributed by atoms with van der Waals surface area (Å²) in [5, 5.41) is 3.63. The van der Waals surface area contributed by atoms with E-state index in [0.29, 0.717) is 0 Å². The lowest BCUT2D eigenvalue weighted by Crippen LogP contribution is -2.48. The molecule has 1 N–H and O–H groups in total. The quantitative estimate of drug-likeness (QED) is 0.607. The highest BCUT2D eigenvalue weighted by Crippen LogP contribution is 2.23. The second kappa shape index (κ2) is 3.84. The molecule has 3 heteroatoms. The van der Waals surface area contributed by atoms with E-state index in [2.05, 4.69) is 17.1 Å². The van der Waals surface area contributed by atoms with Gasteiger partial charge in [-0.15, -0.1) is 12.4 Å². The van der Waals surface area contributed by atoms with Gasteiger partial charge in [-0.1, -0.05) is 6.42 Å². The molecule has 60 valence electrons. The average molecular weight is 180 g/mol. The van der Waals surface area contributed by atoms with Crippen molar-refractivity contribution in [2.45, 2.75) is 31.3 Å². The van der Waals surface area contributed by atoms with E-state index in [-0.39, 0.29) is 12.4 Å². The molecule has 2 unspecified atom stereocenters. The third kappa shape index (κ3) is 1.80. The Bertz CT molecular complexity index is 89.8. The van der Waals surface area contributed by atoms with E-state index in [1.165, 1.54) is 30.8 Å². The second-order valence-electron chi connectivity index (χ2n) is 3.03. The van der Waals surface area contributed by atoms with Crippen molar-refractivity contribution in [1.82, 2.24) is 5.32 Å². The second-order valence-corrected chi connectivity index (χ2v) is 4.10. The molecule has 1 nitrogen and oxygen atoms in total. The van der Waals surface area contributed by atoms with Crippen LogP contribution in [0, 0.1) is 0 Å². The minimum Gasteiger partial charge on any atom is -0.310 e. The van der Waals surface area contributed by atoms with Crippen molar-refractivity contribution < 1.29 is 0 Å². The average Bonchev–Trinajstić information content (AvgIpc) is 1.88. The highest BCUT2D eigenvalue weighted by molar-refractivity contribution is 7.99. The maximum Gasteiger partial charge on any atom is 0.0161 e. The van der Waals surface area contributed by atoms with Crippen LogP contribution in [0.3, 0.4) is 0 Å². The fourth-order valence-corrected chi connectivity index (χ4v) is 2.96. The number of halogens is 1. The van der Waals surface area contributed by atoms with Gasteiger partial charge < -0.3 is 5.32 Å². The molecular weight excluding hydrogens is 166 g/mol. The molecule has 2 fully saturated rings. The van der Waals surface area contributed by atoms with E-state index in [0.717, 1.165) is 12.1 Å². The lowest BCUT2D eigenvalue weighted by molar-refractivity contribution is 0.350. The standard InChI is InChI=1S/C7H13NS.ClH/c1-2-6-4-9-5-7(3-1)8-6;/h6-8H,1-5H2;1H. The van der Waals surface area contributed by atoms with Crippen molar-refractivity contribution in [3.63, 3.8) is 0 Å². The SMILES string of the molecule is C1CC2CSCC(C1)N2.Cl. The summed E-state index contributed by atoms with van der Waals surface area (Å²) in [7, 11) is 0. The third-order valence-corrected chi connectivity index (χ3v) is 3.49. The van der Waals surface area contributed by atoms with Crippen molar-refractivity contribution >= 4 is 24.2 Å². The first-order chi connectivity index (χ1) is 4.45. The van der Waals surface area contributed by atoms with Crippen molar-refractivity contribution in [3.8, 4) is 0 Å². The number of hydrogen-bond acceptors (Lipinski definition) is 2. The first-order valence-corrected chi connectivity index (χ1v) is 4.94. The smallest absolute Gasteiger partial charge is 0.0161 e. The minimum atomic E-state index is 0. The van der Waals surface area contributed by atoms with Gasteiger partial charge in [-0.3, -0.25) is 0 Å².